The minimum absolute atomic E-state index is 0.425. The molecule has 1 aromatic carbocycles. The van der Waals surface area contributed by atoms with Crippen LogP contribution < -0.4 is 0 Å². The first-order chi connectivity index (χ1) is 5.54. The van der Waals surface area contributed by atoms with E-state index in [1.54, 1.807) is 12.1 Å². The fourth-order valence-corrected chi connectivity index (χ4v) is 1.35. The second-order valence-corrected chi connectivity index (χ2v) is 4.88. The summed E-state index contributed by atoms with van der Waals surface area (Å²) >= 11 is 22.6. The summed E-state index contributed by atoms with van der Waals surface area (Å²) in [5.41, 5.74) is 1.59. The number of alkyl halides is 4. The van der Waals surface area contributed by atoms with Crippen molar-refractivity contribution in [1.82, 2.24) is 0 Å². The molecule has 0 atom stereocenters. The first kappa shape index (κ1) is 10.5. The van der Waals surface area contributed by atoms with E-state index in [2.05, 4.69) is 0 Å². The highest BCUT2D eigenvalue weighted by Gasteiger charge is 2.22. The maximum absolute atomic E-state index is 5.68. The summed E-state index contributed by atoms with van der Waals surface area (Å²) in [6.07, 6.45) is 0. The highest BCUT2D eigenvalue weighted by Crippen LogP contribution is 2.38. The fourth-order valence-electron chi connectivity index (χ4n) is 0.831. The van der Waals surface area contributed by atoms with E-state index in [4.69, 9.17) is 46.4 Å². The molecule has 1 rings (SSSR count). The molecule has 0 nitrogen and oxygen atoms in total. The van der Waals surface area contributed by atoms with E-state index in [0.717, 1.165) is 5.56 Å². The largest absolute Gasteiger partial charge is 0.216 e. The molecule has 0 aliphatic heterocycles. The van der Waals surface area contributed by atoms with Gasteiger partial charge in [0, 0.05) is 11.4 Å². The van der Waals surface area contributed by atoms with Crippen LogP contribution in [0.1, 0.15) is 11.1 Å². The van der Waals surface area contributed by atoms with Gasteiger partial charge in [-0.15, -0.1) is 11.6 Å². The number of hydrogen-bond acceptors (Lipinski definition) is 0. The molecule has 0 heterocycles. The second-order valence-electron chi connectivity index (χ2n) is 2.33. The van der Waals surface area contributed by atoms with Crippen molar-refractivity contribution in [3.63, 3.8) is 0 Å². The predicted molar refractivity (Wildman–Crippen MR) is 55.2 cm³/mol. The molecule has 0 bridgehead atoms. The van der Waals surface area contributed by atoms with E-state index in [1.807, 2.05) is 12.1 Å². The van der Waals surface area contributed by atoms with Gasteiger partial charge in [-0.05, 0) is 5.56 Å². The number of halogens is 4. The van der Waals surface area contributed by atoms with Gasteiger partial charge in [0.2, 0.25) is 3.79 Å². The van der Waals surface area contributed by atoms with Gasteiger partial charge in [-0.2, -0.15) is 0 Å². The van der Waals surface area contributed by atoms with Crippen LogP contribution in [0.5, 0.6) is 0 Å². The lowest BCUT2D eigenvalue weighted by atomic mass is 10.2. The lowest BCUT2D eigenvalue weighted by Gasteiger charge is -2.11. The van der Waals surface area contributed by atoms with Crippen LogP contribution >= 0.6 is 46.4 Å². The van der Waals surface area contributed by atoms with Crippen LogP contribution in [0.25, 0.3) is 0 Å². The van der Waals surface area contributed by atoms with E-state index in [1.165, 1.54) is 0 Å². The van der Waals surface area contributed by atoms with E-state index >= 15 is 0 Å². The quantitative estimate of drug-likeness (QED) is 0.647. The van der Waals surface area contributed by atoms with Crippen LogP contribution in [0.15, 0.2) is 24.3 Å². The van der Waals surface area contributed by atoms with Gasteiger partial charge in [-0.3, -0.25) is 0 Å². The van der Waals surface area contributed by atoms with Crippen LogP contribution in [0.4, 0.5) is 0 Å². The second kappa shape index (κ2) is 4.06. The summed E-state index contributed by atoms with van der Waals surface area (Å²) in [4.78, 5) is 0. The summed E-state index contributed by atoms with van der Waals surface area (Å²) in [6, 6.07) is 7.23. The summed E-state index contributed by atoms with van der Waals surface area (Å²) in [5.74, 6) is 0.425. The average Bonchev–Trinajstić information content (AvgIpc) is 2.03. The van der Waals surface area contributed by atoms with Gasteiger partial charge in [-0.25, -0.2) is 0 Å². The molecule has 0 unspecified atom stereocenters. The predicted octanol–water partition coefficient (Wildman–Crippen LogP) is 4.25. The third-order valence-corrected chi connectivity index (χ3v) is 2.37. The topological polar surface area (TPSA) is 0 Å². The van der Waals surface area contributed by atoms with Crippen molar-refractivity contribution >= 4 is 46.4 Å². The highest BCUT2D eigenvalue weighted by molar-refractivity contribution is 6.66. The maximum atomic E-state index is 5.68. The Morgan fingerprint density at radius 2 is 1.83 bits per heavy atom. The SMILES string of the molecule is ClCc1cccc(C(Cl)(Cl)Cl)c1. The Bertz CT molecular complexity index is 264. The molecule has 0 aromatic heterocycles. The Balaban J connectivity index is 3.02. The zero-order valence-corrected chi connectivity index (χ0v) is 9.05. The molecule has 0 fully saturated rings. The van der Waals surface area contributed by atoms with Crippen molar-refractivity contribution in [3.8, 4) is 0 Å². The van der Waals surface area contributed by atoms with E-state index in [9.17, 15) is 0 Å². The zero-order valence-electron chi connectivity index (χ0n) is 6.03. The highest BCUT2D eigenvalue weighted by atomic mass is 35.6. The molecule has 66 valence electrons. The van der Waals surface area contributed by atoms with E-state index < -0.39 is 3.79 Å². The Labute approximate surface area is 91.4 Å². The Morgan fingerprint density at radius 1 is 1.17 bits per heavy atom. The fraction of sp³-hybridized carbons (Fsp3) is 0.250. The number of benzene rings is 1. The summed E-state index contributed by atoms with van der Waals surface area (Å²) in [5, 5.41) is 0. The van der Waals surface area contributed by atoms with Crippen molar-refractivity contribution in [2.75, 3.05) is 0 Å². The van der Waals surface area contributed by atoms with Crippen LogP contribution in [-0.4, -0.2) is 0 Å². The van der Waals surface area contributed by atoms with Crippen molar-refractivity contribution in [3.05, 3.63) is 35.4 Å². The van der Waals surface area contributed by atoms with E-state index in [-0.39, 0.29) is 0 Å². The van der Waals surface area contributed by atoms with Crippen LogP contribution in [0.2, 0.25) is 0 Å². The zero-order chi connectivity index (χ0) is 9.19. The molecule has 0 aliphatic rings. The summed E-state index contributed by atoms with van der Waals surface area (Å²) in [7, 11) is 0. The Morgan fingerprint density at radius 3 is 2.33 bits per heavy atom. The first-order valence-electron chi connectivity index (χ1n) is 3.26. The third kappa shape index (κ3) is 2.70. The first-order valence-corrected chi connectivity index (χ1v) is 4.93. The maximum Gasteiger partial charge on any atom is 0.216 e. The molecular weight excluding hydrogens is 238 g/mol. The molecule has 4 heteroatoms. The Hall–Kier alpha value is 0.380. The number of rotatable bonds is 1. The van der Waals surface area contributed by atoms with Crippen molar-refractivity contribution in [1.29, 1.82) is 0 Å². The van der Waals surface area contributed by atoms with Crippen molar-refractivity contribution in [2.24, 2.45) is 0 Å². The molecule has 0 aliphatic carbocycles. The summed E-state index contributed by atoms with van der Waals surface area (Å²) < 4.78 is -1.36. The lowest BCUT2D eigenvalue weighted by molar-refractivity contribution is 1.21. The van der Waals surface area contributed by atoms with Crippen LogP contribution in [0, 0.1) is 0 Å². The van der Waals surface area contributed by atoms with Crippen molar-refractivity contribution < 1.29 is 0 Å². The number of hydrogen-bond donors (Lipinski definition) is 0. The third-order valence-electron chi connectivity index (χ3n) is 1.41. The molecular formula is C8H6Cl4. The Kier molecular flexibility index (Phi) is 3.54. The molecule has 0 N–H and O–H groups in total. The van der Waals surface area contributed by atoms with Crippen LogP contribution in [0.3, 0.4) is 0 Å². The molecule has 1 aromatic rings. The summed E-state index contributed by atoms with van der Waals surface area (Å²) in [6.45, 7) is 0. The van der Waals surface area contributed by atoms with Crippen LogP contribution in [-0.2, 0) is 9.67 Å². The normalized spacial score (nSPS) is 11.7. The van der Waals surface area contributed by atoms with Gasteiger partial charge >= 0.3 is 0 Å². The molecule has 0 amide bonds. The van der Waals surface area contributed by atoms with Gasteiger partial charge in [0.05, 0.1) is 0 Å². The monoisotopic (exact) mass is 242 g/mol. The van der Waals surface area contributed by atoms with E-state index in [0.29, 0.717) is 11.4 Å². The van der Waals surface area contributed by atoms with Gasteiger partial charge in [0.1, 0.15) is 0 Å². The minimum atomic E-state index is -1.36. The van der Waals surface area contributed by atoms with Gasteiger partial charge in [-0.1, -0.05) is 59.1 Å². The van der Waals surface area contributed by atoms with Gasteiger partial charge < -0.3 is 0 Å². The van der Waals surface area contributed by atoms with Crippen molar-refractivity contribution in [2.45, 2.75) is 9.67 Å². The standard InChI is InChI=1S/C8H6Cl4/c9-5-6-2-1-3-7(4-6)8(10,11)12/h1-4H,5H2. The molecule has 12 heavy (non-hydrogen) atoms. The van der Waals surface area contributed by atoms with Gasteiger partial charge in [0.25, 0.3) is 0 Å². The average molecular weight is 244 g/mol. The lowest BCUT2D eigenvalue weighted by Crippen LogP contribution is -1.99. The smallest absolute Gasteiger partial charge is 0.122 e. The van der Waals surface area contributed by atoms with Gasteiger partial charge in [0.15, 0.2) is 0 Å². The molecule has 0 saturated heterocycles. The molecule has 0 spiro atoms. The molecule has 0 saturated carbocycles. The minimum Gasteiger partial charge on any atom is -0.122 e. The molecule has 0 radical (unpaired) electrons.